The molecule has 0 spiro atoms. The third kappa shape index (κ3) is 3.18. The number of carbonyl (C=O) groups excluding carboxylic acids is 1. The summed E-state index contributed by atoms with van der Waals surface area (Å²) in [6.45, 7) is 0. The van der Waals surface area contributed by atoms with Gasteiger partial charge in [0, 0.05) is 10.0 Å². The monoisotopic (exact) mass is 338 g/mol. The number of furan rings is 1. The first-order valence-corrected chi connectivity index (χ1v) is 6.34. The number of carbonyl (C=O) groups is 1. The standard InChI is InChI=1S/C13H11BrN2O4/c1-19-12-6-9(14)8(5-10(12)17)7-15-16-13(18)11-3-2-4-20-11/h2-7,17H,1H3,(H,16,18)/b15-7-. The van der Waals surface area contributed by atoms with E-state index < -0.39 is 5.91 Å². The van der Waals surface area contributed by atoms with Crippen LogP contribution in [-0.2, 0) is 0 Å². The summed E-state index contributed by atoms with van der Waals surface area (Å²) >= 11 is 3.31. The maximum Gasteiger partial charge on any atom is 0.307 e. The Kier molecular flexibility index (Phi) is 4.41. The summed E-state index contributed by atoms with van der Waals surface area (Å²) in [5, 5.41) is 13.5. The van der Waals surface area contributed by atoms with Crippen molar-refractivity contribution in [1.29, 1.82) is 0 Å². The number of rotatable bonds is 4. The summed E-state index contributed by atoms with van der Waals surface area (Å²) < 4.78 is 10.6. The van der Waals surface area contributed by atoms with Gasteiger partial charge in [0.15, 0.2) is 17.3 Å². The van der Waals surface area contributed by atoms with Crippen molar-refractivity contribution in [3.05, 3.63) is 46.3 Å². The summed E-state index contributed by atoms with van der Waals surface area (Å²) in [6, 6.07) is 6.20. The summed E-state index contributed by atoms with van der Waals surface area (Å²) in [4.78, 5) is 11.5. The Bertz CT molecular complexity index is 638. The molecule has 0 saturated heterocycles. The van der Waals surface area contributed by atoms with Crippen LogP contribution in [0.1, 0.15) is 16.1 Å². The molecule has 0 bridgehead atoms. The molecule has 0 aliphatic heterocycles. The molecule has 0 radical (unpaired) electrons. The van der Waals surface area contributed by atoms with Crippen molar-refractivity contribution in [3.63, 3.8) is 0 Å². The van der Waals surface area contributed by atoms with E-state index in [0.29, 0.717) is 15.8 Å². The van der Waals surface area contributed by atoms with Crippen molar-refractivity contribution < 1.29 is 19.1 Å². The van der Waals surface area contributed by atoms with Crippen LogP contribution in [0.2, 0.25) is 0 Å². The van der Waals surface area contributed by atoms with Crippen LogP contribution >= 0.6 is 15.9 Å². The smallest absolute Gasteiger partial charge is 0.307 e. The second kappa shape index (κ2) is 6.25. The fraction of sp³-hybridized carbons (Fsp3) is 0.0769. The Labute approximate surface area is 123 Å². The number of halogens is 1. The number of benzene rings is 1. The van der Waals surface area contributed by atoms with E-state index in [0.717, 1.165) is 0 Å². The van der Waals surface area contributed by atoms with E-state index >= 15 is 0 Å². The van der Waals surface area contributed by atoms with Crippen LogP contribution in [0.5, 0.6) is 11.5 Å². The van der Waals surface area contributed by atoms with Crippen LogP contribution in [0.25, 0.3) is 0 Å². The lowest BCUT2D eigenvalue weighted by molar-refractivity contribution is 0.0927. The molecule has 0 atom stereocenters. The molecular weight excluding hydrogens is 328 g/mol. The maximum atomic E-state index is 11.5. The van der Waals surface area contributed by atoms with Crippen LogP contribution < -0.4 is 10.2 Å². The first-order valence-electron chi connectivity index (χ1n) is 5.55. The number of aromatic hydroxyl groups is 1. The summed E-state index contributed by atoms with van der Waals surface area (Å²) in [5.74, 6) is 0.0297. The van der Waals surface area contributed by atoms with Crippen molar-refractivity contribution in [2.24, 2.45) is 5.10 Å². The minimum absolute atomic E-state index is 0.0190. The molecule has 0 fully saturated rings. The highest BCUT2D eigenvalue weighted by Crippen LogP contribution is 2.31. The number of hydrogen-bond acceptors (Lipinski definition) is 5. The molecule has 1 aromatic carbocycles. The Balaban J connectivity index is 2.08. The zero-order valence-electron chi connectivity index (χ0n) is 10.5. The lowest BCUT2D eigenvalue weighted by Gasteiger charge is -2.05. The van der Waals surface area contributed by atoms with Crippen molar-refractivity contribution in [1.82, 2.24) is 5.43 Å². The van der Waals surface area contributed by atoms with Crippen molar-refractivity contribution in [3.8, 4) is 11.5 Å². The van der Waals surface area contributed by atoms with E-state index in [4.69, 9.17) is 9.15 Å². The SMILES string of the molecule is COc1cc(Br)c(/C=N\NC(=O)c2ccco2)cc1O. The van der Waals surface area contributed by atoms with E-state index in [1.54, 1.807) is 12.1 Å². The Morgan fingerprint density at radius 1 is 1.55 bits per heavy atom. The molecule has 0 unspecified atom stereocenters. The molecule has 2 rings (SSSR count). The van der Waals surface area contributed by atoms with Gasteiger partial charge in [0.1, 0.15) is 0 Å². The largest absolute Gasteiger partial charge is 0.504 e. The molecule has 7 heteroatoms. The molecular formula is C13H11BrN2O4. The number of ether oxygens (including phenoxy) is 1. The fourth-order valence-electron chi connectivity index (χ4n) is 1.45. The van der Waals surface area contributed by atoms with Gasteiger partial charge in [0.25, 0.3) is 0 Å². The van der Waals surface area contributed by atoms with E-state index in [-0.39, 0.29) is 11.5 Å². The van der Waals surface area contributed by atoms with Gasteiger partial charge in [0.05, 0.1) is 19.6 Å². The number of nitrogens with one attached hydrogen (secondary N) is 1. The fourth-order valence-corrected chi connectivity index (χ4v) is 1.87. The third-order valence-electron chi connectivity index (χ3n) is 2.41. The minimum atomic E-state index is -0.458. The number of phenols is 1. The molecule has 1 aromatic heterocycles. The van der Waals surface area contributed by atoms with Gasteiger partial charge in [-0.25, -0.2) is 5.43 Å². The second-order valence-corrected chi connectivity index (χ2v) is 4.58. The van der Waals surface area contributed by atoms with Crippen LogP contribution in [0, 0.1) is 0 Å². The summed E-state index contributed by atoms with van der Waals surface area (Å²) in [5.41, 5.74) is 2.90. The van der Waals surface area contributed by atoms with Gasteiger partial charge < -0.3 is 14.3 Å². The molecule has 2 aromatic rings. The predicted octanol–water partition coefficient (Wildman–Crippen LogP) is 2.52. The Hall–Kier alpha value is -2.28. The van der Waals surface area contributed by atoms with Gasteiger partial charge in [-0.1, -0.05) is 0 Å². The Morgan fingerprint density at radius 3 is 3.00 bits per heavy atom. The van der Waals surface area contributed by atoms with Gasteiger partial charge in [-0.3, -0.25) is 4.79 Å². The molecule has 2 N–H and O–H groups in total. The molecule has 104 valence electrons. The normalized spacial score (nSPS) is 10.7. The third-order valence-corrected chi connectivity index (χ3v) is 3.10. The quantitative estimate of drug-likeness (QED) is 0.662. The maximum absolute atomic E-state index is 11.5. The van der Waals surface area contributed by atoms with Crippen LogP contribution in [0.4, 0.5) is 0 Å². The molecule has 20 heavy (non-hydrogen) atoms. The molecule has 0 aliphatic rings. The topological polar surface area (TPSA) is 84.1 Å². The molecule has 0 aliphatic carbocycles. The van der Waals surface area contributed by atoms with Crippen LogP contribution in [-0.4, -0.2) is 24.3 Å². The van der Waals surface area contributed by atoms with Gasteiger partial charge in [-0.15, -0.1) is 0 Å². The van der Waals surface area contributed by atoms with Gasteiger partial charge in [-0.2, -0.15) is 5.10 Å². The summed E-state index contributed by atoms with van der Waals surface area (Å²) in [7, 11) is 1.46. The zero-order valence-corrected chi connectivity index (χ0v) is 12.0. The number of phenolic OH excluding ortho intramolecular Hbond substituents is 1. The zero-order chi connectivity index (χ0) is 14.5. The van der Waals surface area contributed by atoms with Crippen molar-refractivity contribution in [2.45, 2.75) is 0 Å². The number of nitrogens with zero attached hydrogens (tertiary/aromatic N) is 1. The minimum Gasteiger partial charge on any atom is -0.504 e. The summed E-state index contributed by atoms with van der Waals surface area (Å²) in [6.07, 6.45) is 2.79. The Morgan fingerprint density at radius 2 is 2.35 bits per heavy atom. The van der Waals surface area contributed by atoms with E-state index in [1.807, 2.05) is 0 Å². The van der Waals surface area contributed by atoms with E-state index in [2.05, 4.69) is 26.5 Å². The number of methoxy groups -OCH3 is 1. The highest BCUT2D eigenvalue weighted by molar-refractivity contribution is 9.10. The lowest BCUT2D eigenvalue weighted by atomic mass is 10.2. The molecule has 1 amide bonds. The predicted molar refractivity (Wildman–Crippen MR) is 76.1 cm³/mol. The highest BCUT2D eigenvalue weighted by Gasteiger charge is 2.08. The number of hydrogen-bond donors (Lipinski definition) is 2. The van der Waals surface area contributed by atoms with Gasteiger partial charge in [-0.05, 0) is 40.2 Å². The van der Waals surface area contributed by atoms with Gasteiger partial charge >= 0.3 is 5.91 Å². The molecule has 6 nitrogen and oxygen atoms in total. The van der Waals surface area contributed by atoms with E-state index in [9.17, 15) is 9.90 Å². The highest BCUT2D eigenvalue weighted by atomic mass is 79.9. The number of hydrazone groups is 1. The van der Waals surface area contributed by atoms with Crippen molar-refractivity contribution >= 4 is 28.1 Å². The first kappa shape index (κ1) is 14.1. The second-order valence-electron chi connectivity index (χ2n) is 3.72. The van der Waals surface area contributed by atoms with E-state index in [1.165, 1.54) is 31.7 Å². The number of amides is 1. The van der Waals surface area contributed by atoms with Crippen LogP contribution in [0.15, 0.2) is 44.5 Å². The average molecular weight is 339 g/mol. The average Bonchev–Trinajstić information content (AvgIpc) is 2.96. The van der Waals surface area contributed by atoms with Crippen LogP contribution in [0.3, 0.4) is 0 Å². The molecule has 1 heterocycles. The lowest BCUT2D eigenvalue weighted by Crippen LogP contribution is -2.16. The van der Waals surface area contributed by atoms with Gasteiger partial charge in [0.2, 0.25) is 0 Å². The molecule has 0 saturated carbocycles. The first-order chi connectivity index (χ1) is 9.61. The van der Waals surface area contributed by atoms with Crippen molar-refractivity contribution in [2.75, 3.05) is 7.11 Å².